The Hall–Kier alpha value is -1.03. The molecule has 0 radical (unpaired) electrons. The van der Waals surface area contributed by atoms with Gasteiger partial charge in [0.25, 0.3) is 0 Å². The SMILES string of the molecule is Cc1ccccc1C(C)NC1CCCCC1C(F)(F)F. The number of aryl methyl sites for hydroxylation is 1. The average molecular weight is 285 g/mol. The van der Waals surface area contributed by atoms with E-state index in [4.69, 9.17) is 0 Å². The minimum Gasteiger partial charge on any atom is -0.307 e. The first-order chi connectivity index (χ1) is 9.39. The molecule has 3 atom stereocenters. The highest BCUT2D eigenvalue weighted by molar-refractivity contribution is 5.28. The lowest BCUT2D eigenvalue weighted by Crippen LogP contribution is -2.46. The molecule has 1 saturated carbocycles. The van der Waals surface area contributed by atoms with E-state index >= 15 is 0 Å². The second-order valence-corrected chi connectivity index (χ2v) is 5.78. The lowest BCUT2D eigenvalue weighted by Gasteiger charge is -2.35. The fourth-order valence-corrected chi connectivity index (χ4v) is 3.21. The third kappa shape index (κ3) is 3.54. The lowest BCUT2D eigenvalue weighted by atomic mass is 9.83. The molecule has 20 heavy (non-hydrogen) atoms. The normalized spacial score (nSPS) is 25.4. The molecule has 0 bridgehead atoms. The van der Waals surface area contributed by atoms with Crippen LogP contribution in [0, 0.1) is 12.8 Å². The van der Waals surface area contributed by atoms with Gasteiger partial charge in [-0.3, -0.25) is 0 Å². The summed E-state index contributed by atoms with van der Waals surface area (Å²) >= 11 is 0. The Morgan fingerprint density at radius 3 is 2.45 bits per heavy atom. The third-order valence-corrected chi connectivity index (χ3v) is 4.31. The summed E-state index contributed by atoms with van der Waals surface area (Å²) in [5.41, 5.74) is 2.20. The number of hydrogen-bond donors (Lipinski definition) is 1. The molecule has 4 heteroatoms. The second-order valence-electron chi connectivity index (χ2n) is 5.78. The summed E-state index contributed by atoms with van der Waals surface area (Å²) in [5.74, 6) is -1.21. The Morgan fingerprint density at radius 2 is 1.80 bits per heavy atom. The van der Waals surface area contributed by atoms with Crippen LogP contribution in [0.4, 0.5) is 13.2 Å². The van der Waals surface area contributed by atoms with Crippen molar-refractivity contribution in [1.29, 1.82) is 0 Å². The van der Waals surface area contributed by atoms with Crippen LogP contribution in [0.2, 0.25) is 0 Å². The van der Waals surface area contributed by atoms with Crippen molar-refractivity contribution in [3.8, 4) is 0 Å². The van der Waals surface area contributed by atoms with Crippen LogP contribution in [0.1, 0.15) is 49.8 Å². The zero-order valence-electron chi connectivity index (χ0n) is 12.0. The maximum absolute atomic E-state index is 13.1. The van der Waals surface area contributed by atoms with Gasteiger partial charge in [-0.05, 0) is 37.8 Å². The van der Waals surface area contributed by atoms with E-state index in [1.807, 2.05) is 38.1 Å². The van der Waals surface area contributed by atoms with Crippen molar-refractivity contribution in [2.75, 3.05) is 0 Å². The highest BCUT2D eigenvalue weighted by Crippen LogP contribution is 2.38. The Labute approximate surface area is 118 Å². The first-order valence-electron chi connectivity index (χ1n) is 7.28. The van der Waals surface area contributed by atoms with Gasteiger partial charge in [-0.1, -0.05) is 37.1 Å². The van der Waals surface area contributed by atoms with Crippen molar-refractivity contribution in [2.24, 2.45) is 5.92 Å². The van der Waals surface area contributed by atoms with Gasteiger partial charge in [-0.2, -0.15) is 13.2 Å². The molecule has 1 N–H and O–H groups in total. The minimum absolute atomic E-state index is 0.0517. The molecule has 0 amide bonds. The lowest BCUT2D eigenvalue weighted by molar-refractivity contribution is -0.189. The fraction of sp³-hybridized carbons (Fsp3) is 0.625. The molecule has 2 rings (SSSR count). The number of benzene rings is 1. The predicted octanol–water partition coefficient (Wildman–Crippen LogP) is 4.77. The number of halogens is 3. The first-order valence-corrected chi connectivity index (χ1v) is 7.28. The number of rotatable bonds is 3. The summed E-state index contributed by atoms with van der Waals surface area (Å²) in [6.07, 6.45) is -1.67. The van der Waals surface area contributed by atoms with E-state index in [1.165, 1.54) is 0 Å². The van der Waals surface area contributed by atoms with Crippen LogP contribution in [0.5, 0.6) is 0 Å². The maximum Gasteiger partial charge on any atom is 0.393 e. The molecule has 1 aliphatic carbocycles. The summed E-state index contributed by atoms with van der Waals surface area (Å²) in [4.78, 5) is 0. The molecule has 1 aliphatic rings. The molecule has 1 nitrogen and oxygen atoms in total. The van der Waals surface area contributed by atoms with Crippen molar-refractivity contribution in [3.63, 3.8) is 0 Å². The van der Waals surface area contributed by atoms with Crippen molar-refractivity contribution in [2.45, 2.75) is 57.8 Å². The smallest absolute Gasteiger partial charge is 0.307 e. The summed E-state index contributed by atoms with van der Waals surface area (Å²) in [7, 11) is 0. The number of hydrogen-bond acceptors (Lipinski definition) is 1. The molecule has 0 heterocycles. The quantitative estimate of drug-likeness (QED) is 0.843. The van der Waals surface area contributed by atoms with E-state index in [9.17, 15) is 13.2 Å². The monoisotopic (exact) mass is 285 g/mol. The van der Waals surface area contributed by atoms with Crippen LogP contribution in [0.15, 0.2) is 24.3 Å². The number of alkyl halides is 3. The molecule has 1 aromatic carbocycles. The first kappa shape index (κ1) is 15.4. The van der Waals surface area contributed by atoms with Gasteiger partial charge in [-0.25, -0.2) is 0 Å². The zero-order valence-corrected chi connectivity index (χ0v) is 12.0. The summed E-state index contributed by atoms with van der Waals surface area (Å²) in [6, 6.07) is 7.35. The molecule has 0 aromatic heterocycles. The molecule has 1 aromatic rings. The van der Waals surface area contributed by atoms with Crippen LogP contribution >= 0.6 is 0 Å². The van der Waals surface area contributed by atoms with E-state index in [-0.39, 0.29) is 12.5 Å². The van der Waals surface area contributed by atoms with Gasteiger partial charge in [0.05, 0.1) is 5.92 Å². The minimum atomic E-state index is -4.09. The van der Waals surface area contributed by atoms with Gasteiger partial charge in [0.15, 0.2) is 0 Å². The van der Waals surface area contributed by atoms with Crippen molar-refractivity contribution < 1.29 is 13.2 Å². The number of nitrogens with one attached hydrogen (secondary N) is 1. The average Bonchev–Trinajstić information content (AvgIpc) is 2.38. The fourth-order valence-electron chi connectivity index (χ4n) is 3.21. The third-order valence-electron chi connectivity index (χ3n) is 4.31. The van der Waals surface area contributed by atoms with E-state index in [2.05, 4.69) is 5.32 Å². The van der Waals surface area contributed by atoms with E-state index < -0.39 is 18.1 Å². The molecule has 1 fully saturated rings. The highest BCUT2D eigenvalue weighted by atomic mass is 19.4. The summed E-state index contributed by atoms with van der Waals surface area (Å²) < 4.78 is 39.3. The largest absolute Gasteiger partial charge is 0.393 e. The molecule has 0 aliphatic heterocycles. The summed E-state index contributed by atoms with van der Waals surface area (Å²) in [6.45, 7) is 3.94. The molecule has 3 unspecified atom stereocenters. The van der Waals surface area contributed by atoms with Crippen molar-refractivity contribution in [1.82, 2.24) is 5.32 Å². The summed E-state index contributed by atoms with van der Waals surface area (Å²) in [5, 5.41) is 3.21. The molecule has 0 spiro atoms. The maximum atomic E-state index is 13.1. The van der Waals surface area contributed by atoms with Crippen LogP contribution in [0.25, 0.3) is 0 Å². The van der Waals surface area contributed by atoms with Gasteiger partial charge in [-0.15, -0.1) is 0 Å². The zero-order chi connectivity index (χ0) is 14.8. The van der Waals surface area contributed by atoms with Crippen molar-refractivity contribution in [3.05, 3.63) is 35.4 Å². The Bertz CT molecular complexity index is 442. The van der Waals surface area contributed by atoms with E-state index in [1.54, 1.807) is 0 Å². The van der Waals surface area contributed by atoms with Crippen LogP contribution in [-0.2, 0) is 0 Å². The van der Waals surface area contributed by atoms with Gasteiger partial charge >= 0.3 is 6.18 Å². The van der Waals surface area contributed by atoms with Crippen LogP contribution < -0.4 is 5.32 Å². The van der Waals surface area contributed by atoms with E-state index in [0.29, 0.717) is 12.8 Å². The predicted molar refractivity (Wildman–Crippen MR) is 74.5 cm³/mol. The molecule has 112 valence electrons. The van der Waals surface area contributed by atoms with Gasteiger partial charge in [0.2, 0.25) is 0 Å². The Kier molecular flexibility index (Phi) is 4.74. The highest BCUT2D eigenvalue weighted by Gasteiger charge is 2.45. The Morgan fingerprint density at radius 1 is 1.15 bits per heavy atom. The van der Waals surface area contributed by atoms with Crippen molar-refractivity contribution >= 4 is 0 Å². The standard InChI is InChI=1S/C16H22F3N/c1-11-7-3-4-8-13(11)12(2)20-15-10-6-5-9-14(15)16(17,18)19/h3-4,7-8,12,14-15,20H,5-6,9-10H2,1-2H3. The van der Waals surface area contributed by atoms with Gasteiger partial charge in [0.1, 0.15) is 0 Å². The molecular weight excluding hydrogens is 263 g/mol. The van der Waals surface area contributed by atoms with Crippen LogP contribution in [0.3, 0.4) is 0 Å². The molecule has 0 saturated heterocycles. The Balaban J connectivity index is 2.09. The topological polar surface area (TPSA) is 12.0 Å². The van der Waals surface area contributed by atoms with Gasteiger partial charge in [0, 0.05) is 12.1 Å². The van der Waals surface area contributed by atoms with E-state index in [0.717, 1.165) is 17.5 Å². The van der Waals surface area contributed by atoms with Gasteiger partial charge < -0.3 is 5.32 Å². The second kappa shape index (κ2) is 6.17. The molecular formula is C16H22F3N. The van der Waals surface area contributed by atoms with Crippen LogP contribution in [-0.4, -0.2) is 12.2 Å².